The van der Waals surface area contributed by atoms with Gasteiger partial charge in [0.25, 0.3) is 0 Å². The summed E-state index contributed by atoms with van der Waals surface area (Å²) in [7, 11) is -2.33. The van der Waals surface area contributed by atoms with E-state index in [0.29, 0.717) is 0 Å². The predicted molar refractivity (Wildman–Crippen MR) is 29.7 cm³/mol. The zero-order chi connectivity index (χ0) is 6.41. The Hall–Kier alpha value is 1.58. The van der Waals surface area contributed by atoms with Gasteiger partial charge < -0.3 is 10.2 Å². The van der Waals surface area contributed by atoms with Gasteiger partial charge in [0, 0.05) is 55.9 Å². The van der Waals surface area contributed by atoms with E-state index < -0.39 is 21.8 Å². The number of rotatable bonds is 4. The first kappa shape index (κ1) is 13.2. The molecule has 0 aliphatic heterocycles. The zero-order valence-corrected chi connectivity index (χ0v) is 9.00. The molecule has 0 aromatic rings. The fourth-order valence-electron chi connectivity index (χ4n) is 0.132. The first-order valence-corrected chi connectivity index (χ1v) is 2.85. The fourth-order valence-corrected chi connectivity index (χ4v) is 0.395. The Labute approximate surface area is 95.7 Å². The standard InChI is InChI=1S/C2H6O5P.K/c3-1-6-8(5)7-2-4;/h3-4H,1-2H2;/q+1;. The minimum Gasteiger partial charge on any atom is -0.367 e. The number of hydrogen-bond donors (Lipinski definition) is 2. The van der Waals surface area contributed by atoms with Gasteiger partial charge in [-0.25, -0.2) is 0 Å². The van der Waals surface area contributed by atoms with E-state index in [1.165, 1.54) is 0 Å². The second-order valence-electron chi connectivity index (χ2n) is 0.740. The molecule has 0 amide bonds. The molecule has 1 radical (unpaired) electrons. The van der Waals surface area contributed by atoms with Gasteiger partial charge in [-0.15, -0.1) is 0 Å². The molecule has 2 N–H and O–H groups in total. The number of aliphatic hydroxyl groups is 2. The van der Waals surface area contributed by atoms with Gasteiger partial charge in [-0.2, -0.15) is 0 Å². The second kappa shape index (κ2) is 9.58. The third-order valence-corrected chi connectivity index (χ3v) is 0.979. The Balaban J connectivity index is 0. The monoisotopic (exact) mass is 180 g/mol. The van der Waals surface area contributed by atoms with Gasteiger partial charge >= 0.3 is 8.25 Å². The van der Waals surface area contributed by atoms with Gasteiger partial charge in [-0.05, 0) is 0 Å². The minimum atomic E-state index is -2.33. The summed E-state index contributed by atoms with van der Waals surface area (Å²) >= 11 is 0. The van der Waals surface area contributed by atoms with Crippen molar-refractivity contribution in [1.82, 2.24) is 0 Å². The van der Waals surface area contributed by atoms with E-state index in [0.717, 1.165) is 0 Å². The number of aliphatic hydroxyl groups excluding tert-OH is 2. The van der Waals surface area contributed by atoms with Crippen LogP contribution in [-0.2, 0) is 13.6 Å². The van der Waals surface area contributed by atoms with Crippen LogP contribution in [0.4, 0.5) is 0 Å². The van der Waals surface area contributed by atoms with E-state index in [-0.39, 0.29) is 51.4 Å². The van der Waals surface area contributed by atoms with Gasteiger partial charge in [0.15, 0.2) is 0 Å². The summed E-state index contributed by atoms with van der Waals surface area (Å²) in [5.41, 5.74) is 0. The Morgan fingerprint density at radius 1 is 1.22 bits per heavy atom. The van der Waals surface area contributed by atoms with Crippen LogP contribution >= 0.6 is 8.25 Å². The Kier molecular flexibility index (Phi) is 14.0. The van der Waals surface area contributed by atoms with E-state index in [1.807, 2.05) is 0 Å². The summed E-state index contributed by atoms with van der Waals surface area (Å²) in [6.45, 7) is -1.34. The molecule has 0 aliphatic carbocycles. The quantitative estimate of drug-likeness (QED) is 0.336. The Morgan fingerprint density at radius 3 is 1.78 bits per heavy atom. The molecule has 49 valence electrons. The molecule has 0 atom stereocenters. The van der Waals surface area contributed by atoms with Crippen LogP contribution in [0.3, 0.4) is 0 Å². The first-order chi connectivity index (χ1) is 3.81. The van der Waals surface area contributed by atoms with Crippen molar-refractivity contribution in [2.75, 3.05) is 13.6 Å². The minimum absolute atomic E-state index is 0. The van der Waals surface area contributed by atoms with Crippen molar-refractivity contribution in [2.24, 2.45) is 0 Å². The molecular formula is C2H6KO5P+. The van der Waals surface area contributed by atoms with Gasteiger partial charge in [0.1, 0.15) is 0 Å². The van der Waals surface area contributed by atoms with Gasteiger partial charge in [-0.1, -0.05) is 9.05 Å². The Morgan fingerprint density at radius 2 is 1.56 bits per heavy atom. The van der Waals surface area contributed by atoms with E-state index in [9.17, 15) is 4.57 Å². The first-order valence-electron chi connectivity index (χ1n) is 1.76. The molecule has 0 saturated carbocycles. The maximum absolute atomic E-state index is 10.0. The molecule has 5 nitrogen and oxygen atoms in total. The Bertz CT molecular complexity index is 69.4. The molecule has 0 heterocycles. The van der Waals surface area contributed by atoms with Gasteiger partial charge in [0.05, 0.1) is 0 Å². The van der Waals surface area contributed by atoms with E-state index in [1.54, 1.807) is 0 Å². The van der Waals surface area contributed by atoms with Crippen LogP contribution in [-0.4, -0.2) is 75.2 Å². The molecule has 0 bridgehead atoms. The fraction of sp³-hybridized carbons (Fsp3) is 1.00. The molecule has 0 unspecified atom stereocenters. The third-order valence-electron chi connectivity index (χ3n) is 0.326. The van der Waals surface area contributed by atoms with Crippen LogP contribution in [0.25, 0.3) is 0 Å². The van der Waals surface area contributed by atoms with Crippen LogP contribution in [0.5, 0.6) is 0 Å². The zero-order valence-electron chi connectivity index (χ0n) is 4.98. The maximum Gasteiger partial charge on any atom is 0.702 e. The molecule has 0 aromatic heterocycles. The predicted octanol–water partition coefficient (Wildman–Crippen LogP) is -0.804. The number of hydrogen-bond acceptors (Lipinski definition) is 5. The topological polar surface area (TPSA) is 76.0 Å². The summed E-state index contributed by atoms with van der Waals surface area (Å²) in [5.74, 6) is 0. The van der Waals surface area contributed by atoms with Crippen LogP contribution < -0.4 is 0 Å². The average molecular weight is 180 g/mol. The summed E-state index contributed by atoms with van der Waals surface area (Å²) < 4.78 is 18.0. The summed E-state index contributed by atoms with van der Waals surface area (Å²) in [5, 5.41) is 15.8. The van der Waals surface area contributed by atoms with Crippen LogP contribution in [0.15, 0.2) is 0 Å². The molecule has 9 heavy (non-hydrogen) atoms. The van der Waals surface area contributed by atoms with Crippen LogP contribution in [0, 0.1) is 0 Å². The molecule has 0 aliphatic rings. The molecule has 0 spiro atoms. The van der Waals surface area contributed by atoms with Crippen LogP contribution in [0.2, 0.25) is 0 Å². The molecule has 0 aromatic carbocycles. The SMILES string of the molecule is O=[P+](OCO)OCO.[K]. The summed E-state index contributed by atoms with van der Waals surface area (Å²) in [4.78, 5) is 0. The van der Waals surface area contributed by atoms with Crippen molar-refractivity contribution in [3.8, 4) is 0 Å². The second-order valence-corrected chi connectivity index (χ2v) is 1.70. The maximum atomic E-state index is 10.0. The smallest absolute Gasteiger partial charge is 0.367 e. The van der Waals surface area contributed by atoms with Crippen molar-refractivity contribution in [1.29, 1.82) is 0 Å². The molecule has 0 saturated heterocycles. The van der Waals surface area contributed by atoms with E-state index in [4.69, 9.17) is 10.2 Å². The summed E-state index contributed by atoms with van der Waals surface area (Å²) in [6, 6.07) is 0. The van der Waals surface area contributed by atoms with Crippen LogP contribution in [0.1, 0.15) is 0 Å². The van der Waals surface area contributed by atoms with Gasteiger partial charge in [0.2, 0.25) is 13.6 Å². The molecule has 0 rings (SSSR count). The van der Waals surface area contributed by atoms with Crippen molar-refractivity contribution in [3.05, 3.63) is 0 Å². The van der Waals surface area contributed by atoms with Crippen molar-refractivity contribution in [2.45, 2.75) is 0 Å². The normalized spacial score (nSPS) is 8.22. The van der Waals surface area contributed by atoms with Crippen molar-refractivity contribution in [3.63, 3.8) is 0 Å². The molecule has 0 fully saturated rings. The summed E-state index contributed by atoms with van der Waals surface area (Å²) in [6.07, 6.45) is 0. The molecule has 7 heteroatoms. The van der Waals surface area contributed by atoms with E-state index in [2.05, 4.69) is 9.05 Å². The average Bonchev–Trinajstić information content (AvgIpc) is 1.68. The third kappa shape index (κ3) is 9.58. The van der Waals surface area contributed by atoms with Crippen molar-refractivity contribution >= 4 is 59.6 Å². The van der Waals surface area contributed by atoms with E-state index >= 15 is 0 Å². The molecular weight excluding hydrogens is 174 g/mol. The largest absolute Gasteiger partial charge is 0.702 e. The van der Waals surface area contributed by atoms with Crippen molar-refractivity contribution < 1.29 is 23.8 Å². The van der Waals surface area contributed by atoms with Gasteiger partial charge in [-0.3, -0.25) is 0 Å².